The van der Waals surface area contributed by atoms with E-state index < -0.39 is 0 Å². The number of rotatable bonds is 7. The fraction of sp³-hybridized carbons (Fsp3) is 0.192. The molecule has 0 heterocycles. The summed E-state index contributed by atoms with van der Waals surface area (Å²) in [5.74, 6) is -0.518. The van der Waals surface area contributed by atoms with Gasteiger partial charge in [0.25, 0.3) is 11.8 Å². The van der Waals surface area contributed by atoms with Crippen LogP contribution >= 0.6 is 0 Å². The Balaban J connectivity index is 1.46. The van der Waals surface area contributed by atoms with Crippen LogP contribution < -0.4 is 15.5 Å². The van der Waals surface area contributed by atoms with E-state index in [4.69, 9.17) is 4.74 Å². The summed E-state index contributed by atoms with van der Waals surface area (Å²) in [5, 5.41) is 6.61. The van der Waals surface area contributed by atoms with Crippen molar-refractivity contribution in [2.75, 3.05) is 11.9 Å². The number of carbonyl (C=O) groups is 2. The quantitative estimate of drug-likeness (QED) is 0.399. The van der Waals surface area contributed by atoms with Crippen LogP contribution in [0.5, 0.6) is 5.75 Å². The van der Waals surface area contributed by atoms with Crippen LogP contribution in [-0.4, -0.2) is 24.6 Å². The number of amides is 2. The van der Waals surface area contributed by atoms with E-state index in [9.17, 15) is 14.0 Å². The molecule has 2 N–H and O–H groups in total. The normalized spacial score (nSPS) is 11.3. The topological polar surface area (TPSA) is 79.8 Å². The van der Waals surface area contributed by atoms with Crippen LogP contribution in [0.4, 0.5) is 10.1 Å². The number of ether oxygens (including phenoxy) is 1. The lowest BCUT2D eigenvalue weighted by molar-refractivity contribution is -0.118. The fourth-order valence-electron chi connectivity index (χ4n) is 2.88. The maximum atomic E-state index is 12.9. The Labute approximate surface area is 192 Å². The molecule has 7 heteroatoms. The molecule has 6 nitrogen and oxygen atoms in total. The van der Waals surface area contributed by atoms with Crippen molar-refractivity contribution in [1.29, 1.82) is 0 Å². The molecule has 170 valence electrons. The standard InChI is InChI=1S/C26H26FN3O3/c1-26(2,3)20-8-6-19(7-9-20)25(32)30-28-16-18-4-14-23(15-5-18)33-17-24(31)29-22-12-10-21(27)11-13-22/h4-16H,17H2,1-3H3,(H,29,31)(H,30,32)/b28-16-. The molecule has 0 aliphatic heterocycles. The van der Waals surface area contributed by atoms with Crippen molar-refractivity contribution in [3.63, 3.8) is 0 Å². The van der Waals surface area contributed by atoms with Crippen LogP contribution in [0, 0.1) is 5.82 Å². The van der Waals surface area contributed by atoms with E-state index in [2.05, 4.69) is 36.6 Å². The molecule has 0 saturated carbocycles. The van der Waals surface area contributed by atoms with Crippen molar-refractivity contribution in [3.05, 3.63) is 95.3 Å². The lowest BCUT2D eigenvalue weighted by atomic mass is 9.87. The molecule has 0 unspecified atom stereocenters. The van der Waals surface area contributed by atoms with Gasteiger partial charge in [-0.2, -0.15) is 5.10 Å². The molecule has 33 heavy (non-hydrogen) atoms. The highest BCUT2D eigenvalue weighted by atomic mass is 19.1. The SMILES string of the molecule is CC(C)(C)c1ccc(C(=O)N/N=C\c2ccc(OCC(=O)Nc3ccc(F)cc3)cc2)cc1. The van der Waals surface area contributed by atoms with E-state index in [-0.39, 0.29) is 29.7 Å². The Morgan fingerprint density at radius 1 is 0.939 bits per heavy atom. The third kappa shape index (κ3) is 7.28. The minimum Gasteiger partial charge on any atom is -0.484 e. The van der Waals surface area contributed by atoms with Gasteiger partial charge in [0.1, 0.15) is 11.6 Å². The van der Waals surface area contributed by atoms with Gasteiger partial charge in [-0.15, -0.1) is 0 Å². The van der Waals surface area contributed by atoms with Crippen molar-refractivity contribution in [2.45, 2.75) is 26.2 Å². The first-order valence-corrected chi connectivity index (χ1v) is 10.4. The van der Waals surface area contributed by atoms with Crippen molar-refractivity contribution in [1.82, 2.24) is 5.43 Å². The van der Waals surface area contributed by atoms with Crippen LogP contribution in [-0.2, 0) is 10.2 Å². The average Bonchev–Trinajstić information content (AvgIpc) is 2.79. The van der Waals surface area contributed by atoms with Gasteiger partial charge in [0.05, 0.1) is 6.21 Å². The van der Waals surface area contributed by atoms with Gasteiger partial charge in [0, 0.05) is 11.3 Å². The van der Waals surface area contributed by atoms with Gasteiger partial charge >= 0.3 is 0 Å². The number of hydrogen-bond acceptors (Lipinski definition) is 4. The zero-order valence-corrected chi connectivity index (χ0v) is 18.8. The summed E-state index contributed by atoms with van der Waals surface area (Å²) in [6.45, 7) is 6.16. The minimum atomic E-state index is -0.373. The predicted octanol–water partition coefficient (Wildman–Crippen LogP) is 4.90. The Morgan fingerprint density at radius 2 is 1.58 bits per heavy atom. The Morgan fingerprint density at radius 3 is 2.18 bits per heavy atom. The molecule has 3 aromatic rings. The summed E-state index contributed by atoms with van der Waals surface area (Å²) in [5.41, 5.74) is 5.46. The molecule has 0 fully saturated rings. The van der Waals surface area contributed by atoms with Gasteiger partial charge in [0.15, 0.2) is 6.61 Å². The zero-order chi connectivity index (χ0) is 23.8. The molecule has 3 aromatic carbocycles. The molecule has 3 rings (SSSR count). The van der Waals surface area contributed by atoms with Crippen LogP contribution in [0.1, 0.15) is 42.3 Å². The van der Waals surface area contributed by atoms with Gasteiger partial charge in [-0.1, -0.05) is 32.9 Å². The molecule has 0 aliphatic carbocycles. The highest BCUT2D eigenvalue weighted by Crippen LogP contribution is 2.22. The molecular weight excluding hydrogens is 421 g/mol. The van der Waals surface area contributed by atoms with Gasteiger partial charge in [0.2, 0.25) is 0 Å². The van der Waals surface area contributed by atoms with E-state index in [1.807, 2.05) is 12.1 Å². The van der Waals surface area contributed by atoms with Gasteiger partial charge in [-0.05, 0) is 77.2 Å². The van der Waals surface area contributed by atoms with Crippen molar-refractivity contribution in [3.8, 4) is 5.75 Å². The molecule has 0 aliphatic rings. The first-order chi connectivity index (χ1) is 15.7. The monoisotopic (exact) mass is 447 g/mol. The van der Waals surface area contributed by atoms with Crippen LogP contribution in [0.25, 0.3) is 0 Å². The second kappa shape index (κ2) is 10.5. The smallest absolute Gasteiger partial charge is 0.271 e. The van der Waals surface area contributed by atoms with Crippen LogP contribution in [0.2, 0.25) is 0 Å². The number of nitrogens with zero attached hydrogens (tertiary/aromatic N) is 1. The summed E-state index contributed by atoms with van der Waals surface area (Å²) in [6.07, 6.45) is 1.52. The van der Waals surface area contributed by atoms with E-state index in [1.54, 1.807) is 36.4 Å². The summed E-state index contributed by atoms with van der Waals surface area (Å²) < 4.78 is 18.4. The van der Waals surface area contributed by atoms with E-state index >= 15 is 0 Å². The number of nitrogens with one attached hydrogen (secondary N) is 2. The molecule has 0 aromatic heterocycles. The lowest BCUT2D eigenvalue weighted by Crippen LogP contribution is -2.20. The summed E-state index contributed by atoms with van der Waals surface area (Å²) in [4.78, 5) is 24.2. The molecule has 0 spiro atoms. The van der Waals surface area contributed by atoms with Gasteiger partial charge in [-0.25, -0.2) is 9.82 Å². The Hall–Kier alpha value is -4.00. The lowest BCUT2D eigenvalue weighted by Gasteiger charge is -2.18. The van der Waals surface area contributed by atoms with E-state index in [0.29, 0.717) is 17.0 Å². The highest BCUT2D eigenvalue weighted by molar-refractivity contribution is 5.95. The van der Waals surface area contributed by atoms with Crippen LogP contribution in [0.15, 0.2) is 77.9 Å². The summed E-state index contributed by atoms with van der Waals surface area (Å²) in [7, 11) is 0. The largest absolute Gasteiger partial charge is 0.484 e. The number of hydrazone groups is 1. The summed E-state index contributed by atoms with van der Waals surface area (Å²) in [6, 6.07) is 19.8. The summed E-state index contributed by atoms with van der Waals surface area (Å²) >= 11 is 0. The first-order valence-electron chi connectivity index (χ1n) is 10.4. The first kappa shape index (κ1) is 23.7. The maximum absolute atomic E-state index is 12.9. The number of halogens is 1. The zero-order valence-electron chi connectivity index (χ0n) is 18.8. The second-order valence-corrected chi connectivity index (χ2v) is 8.44. The average molecular weight is 448 g/mol. The molecule has 2 amide bonds. The number of benzene rings is 3. The second-order valence-electron chi connectivity index (χ2n) is 8.44. The van der Waals surface area contributed by atoms with E-state index in [0.717, 1.165) is 11.1 Å². The number of hydrogen-bond donors (Lipinski definition) is 2. The van der Waals surface area contributed by atoms with Crippen molar-refractivity contribution < 1.29 is 18.7 Å². The number of carbonyl (C=O) groups excluding carboxylic acids is 2. The molecule has 0 saturated heterocycles. The molecule has 0 bridgehead atoms. The Bertz CT molecular complexity index is 1120. The third-order valence-electron chi connectivity index (χ3n) is 4.77. The van der Waals surface area contributed by atoms with Gasteiger partial charge < -0.3 is 10.1 Å². The minimum absolute atomic E-state index is 0.0232. The van der Waals surface area contributed by atoms with Crippen LogP contribution in [0.3, 0.4) is 0 Å². The van der Waals surface area contributed by atoms with Crippen molar-refractivity contribution >= 4 is 23.7 Å². The Kier molecular flexibility index (Phi) is 7.56. The fourth-order valence-corrected chi connectivity index (χ4v) is 2.88. The highest BCUT2D eigenvalue weighted by Gasteiger charge is 2.14. The molecule has 0 radical (unpaired) electrons. The maximum Gasteiger partial charge on any atom is 0.271 e. The van der Waals surface area contributed by atoms with Crippen molar-refractivity contribution in [2.24, 2.45) is 5.10 Å². The molecule has 0 atom stereocenters. The van der Waals surface area contributed by atoms with E-state index in [1.165, 1.54) is 30.5 Å². The predicted molar refractivity (Wildman–Crippen MR) is 127 cm³/mol. The number of anilines is 1. The molecular formula is C26H26FN3O3. The van der Waals surface area contributed by atoms with Gasteiger partial charge in [-0.3, -0.25) is 9.59 Å². The third-order valence-corrected chi connectivity index (χ3v) is 4.77.